The van der Waals surface area contributed by atoms with Gasteiger partial charge in [-0.25, -0.2) is 9.67 Å². The summed E-state index contributed by atoms with van der Waals surface area (Å²) in [6, 6.07) is 20.7. The molecule has 0 aliphatic carbocycles. The Labute approximate surface area is 193 Å². The van der Waals surface area contributed by atoms with E-state index in [1.165, 1.54) is 18.3 Å². The summed E-state index contributed by atoms with van der Waals surface area (Å²) < 4.78 is 6.86. The van der Waals surface area contributed by atoms with Crippen molar-refractivity contribution in [2.45, 2.75) is 6.54 Å². The second kappa shape index (κ2) is 9.64. The highest BCUT2D eigenvalue weighted by molar-refractivity contribution is 6.35. The van der Waals surface area contributed by atoms with Crippen LogP contribution in [0.25, 0.3) is 11.3 Å². The number of halogens is 2. The number of para-hydroxylation sites is 2. The van der Waals surface area contributed by atoms with Gasteiger partial charge in [0.25, 0.3) is 5.56 Å². The average Bonchev–Trinajstić information content (AvgIpc) is 2.79. The van der Waals surface area contributed by atoms with Crippen LogP contribution in [0.5, 0.6) is 11.6 Å². The predicted octanol–water partition coefficient (Wildman–Crippen LogP) is 5.04. The smallest absolute Gasteiger partial charge is 0.267 e. The van der Waals surface area contributed by atoms with Gasteiger partial charge in [-0.05, 0) is 24.3 Å². The van der Waals surface area contributed by atoms with Gasteiger partial charge in [-0.3, -0.25) is 9.59 Å². The topological polar surface area (TPSA) is 86.1 Å². The number of nitrogens with zero attached hydrogens (tertiary/aromatic N) is 3. The molecule has 0 atom stereocenters. The Balaban J connectivity index is 1.52. The lowest BCUT2D eigenvalue weighted by Crippen LogP contribution is -2.29. The monoisotopic (exact) mass is 466 g/mol. The summed E-state index contributed by atoms with van der Waals surface area (Å²) in [5, 5.41) is 7.65. The lowest BCUT2D eigenvalue weighted by atomic mass is 10.1. The molecule has 1 N–H and O–H groups in total. The molecule has 32 heavy (non-hydrogen) atoms. The van der Waals surface area contributed by atoms with Crippen LogP contribution in [-0.4, -0.2) is 20.7 Å². The minimum absolute atomic E-state index is 0.145. The maximum Gasteiger partial charge on any atom is 0.267 e. The Bertz CT molecular complexity index is 1330. The third kappa shape index (κ3) is 5.14. The summed E-state index contributed by atoms with van der Waals surface area (Å²) in [4.78, 5) is 29.0. The molecule has 0 aliphatic rings. The van der Waals surface area contributed by atoms with Crippen LogP contribution in [0, 0.1) is 0 Å². The lowest BCUT2D eigenvalue weighted by Gasteiger charge is -2.13. The number of nitrogens with one attached hydrogen (secondary N) is 1. The minimum atomic E-state index is -0.448. The predicted molar refractivity (Wildman–Crippen MR) is 123 cm³/mol. The molecule has 4 aromatic rings. The average molecular weight is 467 g/mol. The third-order valence-electron chi connectivity index (χ3n) is 4.37. The van der Waals surface area contributed by atoms with Gasteiger partial charge in [-0.15, -0.1) is 0 Å². The molecular formula is C23H16Cl2N4O3. The summed E-state index contributed by atoms with van der Waals surface area (Å²) in [6.07, 6.45) is 1.40. The van der Waals surface area contributed by atoms with Crippen LogP contribution in [-0.2, 0) is 11.3 Å². The van der Waals surface area contributed by atoms with Crippen molar-refractivity contribution >= 4 is 34.8 Å². The second-order valence-corrected chi connectivity index (χ2v) is 7.51. The molecule has 1 amide bonds. The molecule has 0 saturated carbocycles. The zero-order valence-electron chi connectivity index (χ0n) is 16.5. The van der Waals surface area contributed by atoms with Gasteiger partial charge in [0.05, 0.1) is 16.4 Å². The molecule has 7 nitrogen and oxygen atoms in total. The van der Waals surface area contributed by atoms with Crippen LogP contribution < -0.4 is 15.6 Å². The van der Waals surface area contributed by atoms with E-state index in [1.807, 2.05) is 30.3 Å². The standard InChI is InChI=1S/C23H16Cl2N4O3/c24-16-12-17(25)23(26-13-16)32-20-9-5-4-8-19(20)27-21(30)14-29-22(31)11-10-18(28-29)15-6-2-1-3-7-15/h1-13H,14H2,(H,27,30). The lowest BCUT2D eigenvalue weighted by molar-refractivity contribution is -0.117. The quantitative estimate of drug-likeness (QED) is 0.429. The largest absolute Gasteiger partial charge is 0.435 e. The Hall–Kier alpha value is -3.68. The highest BCUT2D eigenvalue weighted by Crippen LogP contribution is 2.33. The van der Waals surface area contributed by atoms with Gasteiger partial charge >= 0.3 is 0 Å². The molecule has 2 aromatic carbocycles. The van der Waals surface area contributed by atoms with Gasteiger partial charge in [-0.2, -0.15) is 5.10 Å². The third-order valence-corrected chi connectivity index (χ3v) is 4.85. The number of carbonyl (C=O) groups excluding carboxylic acids is 1. The van der Waals surface area contributed by atoms with E-state index >= 15 is 0 Å². The molecule has 0 aliphatic heterocycles. The van der Waals surface area contributed by atoms with Gasteiger partial charge in [-0.1, -0.05) is 65.7 Å². The van der Waals surface area contributed by atoms with Crippen LogP contribution in [0.3, 0.4) is 0 Å². The summed E-state index contributed by atoms with van der Waals surface area (Å²) in [5.74, 6) is 0.0261. The molecule has 9 heteroatoms. The fourth-order valence-electron chi connectivity index (χ4n) is 2.89. The normalized spacial score (nSPS) is 10.6. The number of carbonyl (C=O) groups is 1. The Morgan fingerprint density at radius 1 is 1.00 bits per heavy atom. The van der Waals surface area contributed by atoms with E-state index in [2.05, 4.69) is 15.4 Å². The second-order valence-electron chi connectivity index (χ2n) is 6.67. The van der Waals surface area contributed by atoms with Crippen molar-refractivity contribution in [3.63, 3.8) is 0 Å². The Morgan fingerprint density at radius 2 is 1.75 bits per heavy atom. The van der Waals surface area contributed by atoms with E-state index in [0.717, 1.165) is 10.2 Å². The number of anilines is 1. The van der Waals surface area contributed by atoms with E-state index in [4.69, 9.17) is 27.9 Å². The van der Waals surface area contributed by atoms with Crippen molar-refractivity contribution in [1.29, 1.82) is 0 Å². The first-order valence-electron chi connectivity index (χ1n) is 9.51. The van der Waals surface area contributed by atoms with E-state index < -0.39 is 5.91 Å². The van der Waals surface area contributed by atoms with Crippen molar-refractivity contribution in [3.8, 4) is 22.9 Å². The summed E-state index contributed by atoms with van der Waals surface area (Å²) in [5.41, 5.74) is 1.43. The summed E-state index contributed by atoms with van der Waals surface area (Å²) in [7, 11) is 0. The van der Waals surface area contributed by atoms with Crippen LogP contribution in [0.2, 0.25) is 10.0 Å². The zero-order valence-corrected chi connectivity index (χ0v) is 18.0. The van der Waals surface area contributed by atoms with Gasteiger partial charge < -0.3 is 10.1 Å². The Kier molecular flexibility index (Phi) is 6.49. The first-order valence-corrected chi connectivity index (χ1v) is 10.3. The van der Waals surface area contributed by atoms with Crippen molar-refractivity contribution in [3.05, 3.63) is 99.4 Å². The van der Waals surface area contributed by atoms with Crippen molar-refractivity contribution < 1.29 is 9.53 Å². The molecule has 0 unspecified atom stereocenters. The van der Waals surface area contributed by atoms with Crippen LogP contribution in [0.1, 0.15) is 0 Å². The number of hydrogen-bond donors (Lipinski definition) is 1. The molecule has 160 valence electrons. The van der Waals surface area contributed by atoms with Gasteiger partial charge in [0.2, 0.25) is 11.8 Å². The number of rotatable bonds is 6. The number of aromatic nitrogens is 3. The van der Waals surface area contributed by atoms with Crippen LogP contribution in [0.15, 0.2) is 83.8 Å². The van der Waals surface area contributed by atoms with Gasteiger partial charge in [0.1, 0.15) is 11.6 Å². The molecule has 0 spiro atoms. The van der Waals surface area contributed by atoms with Crippen molar-refractivity contribution in [1.82, 2.24) is 14.8 Å². The maximum absolute atomic E-state index is 12.7. The highest BCUT2D eigenvalue weighted by atomic mass is 35.5. The van der Waals surface area contributed by atoms with E-state index in [-0.39, 0.29) is 23.0 Å². The number of benzene rings is 2. The Morgan fingerprint density at radius 3 is 2.53 bits per heavy atom. The van der Waals surface area contributed by atoms with Gasteiger partial charge in [0, 0.05) is 17.8 Å². The van der Waals surface area contributed by atoms with E-state index in [1.54, 1.807) is 30.3 Å². The number of ether oxygens (including phenoxy) is 1. The first-order chi connectivity index (χ1) is 15.5. The minimum Gasteiger partial charge on any atom is -0.435 e. The molecule has 2 heterocycles. The van der Waals surface area contributed by atoms with Crippen molar-refractivity contribution in [2.75, 3.05) is 5.32 Å². The van der Waals surface area contributed by atoms with Crippen molar-refractivity contribution in [2.24, 2.45) is 0 Å². The molecule has 0 saturated heterocycles. The molecule has 0 radical (unpaired) electrons. The number of pyridine rings is 1. The first kappa shape index (κ1) is 21.5. The summed E-state index contributed by atoms with van der Waals surface area (Å²) >= 11 is 12.0. The van der Waals surface area contributed by atoms with E-state index in [0.29, 0.717) is 22.2 Å². The molecule has 2 aromatic heterocycles. The SMILES string of the molecule is O=C(Cn1nc(-c2ccccc2)ccc1=O)Nc1ccccc1Oc1ncc(Cl)cc1Cl. The van der Waals surface area contributed by atoms with Crippen LogP contribution >= 0.6 is 23.2 Å². The zero-order chi connectivity index (χ0) is 22.5. The summed E-state index contributed by atoms with van der Waals surface area (Å²) in [6.45, 7) is -0.270. The fourth-order valence-corrected chi connectivity index (χ4v) is 3.31. The maximum atomic E-state index is 12.7. The van der Waals surface area contributed by atoms with E-state index in [9.17, 15) is 9.59 Å². The molecule has 0 bridgehead atoms. The fraction of sp³-hybridized carbons (Fsp3) is 0.0435. The molecule has 4 rings (SSSR count). The number of amides is 1. The molecule has 0 fully saturated rings. The molecular weight excluding hydrogens is 451 g/mol. The van der Waals surface area contributed by atoms with Crippen LogP contribution in [0.4, 0.5) is 5.69 Å². The van der Waals surface area contributed by atoms with Gasteiger partial charge in [0.15, 0.2) is 5.75 Å². The highest BCUT2D eigenvalue weighted by Gasteiger charge is 2.13. The number of hydrogen-bond acceptors (Lipinski definition) is 5.